The molecule has 1 amide bonds. The minimum absolute atomic E-state index is 0.294. The quantitative estimate of drug-likeness (QED) is 0.850. The van der Waals surface area contributed by atoms with Crippen molar-refractivity contribution in [1.29, 1.82) is 0 Å². The highest BCUT2D eigenvalue weighted by atomic mass is 16.5. The van der Waals surface area contributed by atoms with Gasteiger partial charge in [-0.15, -0.1) is 0 Å². The van der Waals surface area contributed by atoms with Crippen LogP contribution in [0.3, 0.4) is 0 Å². The molecule has 1 aromatic heterocycles. The van der Waals surface area contributed by atoms with Crippen LogP contribution < -0.4 is 10.2 Å². The van der Waals surface area contributed by atoms with Gasteiger partial charge in [-0.3, -0.25) is 4.79 Å². The standard InChI is InChI=1S/C19H22N4O3/c1-26-18(25)14-7-6-8-15(13-14)21-17(24)16-9-10-20-19(22-16)23-11-4-2-3-5-12-23/h6-10,13H,2-5,11-12H2,1H3,(H,21,24). The summed E-state index contributed by atoms with van der Waals surface area (Å²) in [6, 6.07) is 8.18. The monoisotopic (exact) mass is 354 g/mol. The predicted octanol–water partition coefficient (Wildman–Crippen LogP) is 2.90. The maximum atomic E-state index is 12.5. The van der Waals surface area contributed by atoms with E-state index in [0.717, 1.165) is 25.9 Å². The first kappa shape index (κ1) is 17.8. The number of carbonyl (C=O) groups excluding carboxylic acids is 2. The van der Waals surface area contributed by atoms with Gasteiger partial charge in [0.05, 0.1) is 12.7 Å². The van der Waals surface area contributed by atoms with Gasteiger partial charge in [0, 0.05) is 25.0 Å². The van der Waals surface area contributed by atoms with Crippen molar-refractivity contribution < 1.29 is 14.3 Å². The van der Waals surface area contributed by atoms with E-state index in [4.69, 9.17) is 4.74 Å². The van der Waals surface area contributed by atoms with E-state index in [9.17, 15) is 9.59 Å². The fourth-order valence-corrected chi connectivity index (χ4v) is 2.93. The van der Waals surface area contributed by atoms with Crippen molar-refractivity contribution in [2.75, 3.05) is 30.4 Å². The summed E-state index contributed by atoms with van der Waals surface area (Å²) in [4.78, 5) is 35.0. The number of hydrogen-bond donors (Lipinski definition) is 1. The molecule has 3 rings (SSSR count). The van der Waals surface area contributed by atoms with Crippen LogP contribution in [-0.2, 0) is 4.74 Å². The summed E-state index contributed by atoms with van der Waals surface area (Å²) in [6.45, 7) is 1.82. The van der Waals surface area contributed by atoms with Crippen molar-refractivity contribution in [3.05, 3.63) is 47.8 Å². The molecule has 1 aliphatic heterocycles. The molecule has 1 fully saturated rings. The Labute approximate surface area is 152 Å². The average Bonchev–Trinajstić information content (AvgIpc) is 2.97. The molecule has 7 heteroatoms. The van der Waals surface area contributed by atoms with Crippen molar-refractivity contribution in [2.24, 2.45) is 0 Å². The summed E-state index contributed by atoms with van der Waals surface area (Å²) in [5, 5.41) is 2.76. The number of rotatable bonds is 4. The van der Waals surface area contributed by atoms with E-state index in [2.05, 4.69) is 20.2 Å². The highest BCUT2D eigenvalue weighted by Crippen LogP contribution is 2.17. The smallest absolute Gasteiger partial charge is 0.337 e. The molecule has 2 heterocycles. The van der Waals surface area contributed by atoms with Crippen LogP contribution >= 0.6 is 0 Å². The number of aromatic nitrogens is 2. The molecule has 1 N–H and O–H groups in total. The summed E-state index contributed by atoms with van der Waals surface area (Å²) >= 11 is 0. The van der Waals surface area contributed by atoms with Crippen molar-refractivity contribution in [3.63, 3.8) is 0 Å². The first-order chi connectivity index (χ1) is 12.7. The minimum atomic E-state index is -0.452. The molecule has 0 atom stereocenters. The number of nitrogens with one attached hydrogen (secondary N) is 1. The van der Waals surface area contributed by atoms with Gasteiger partial charge in [0.2, 0.25) is 5.95 Å². The van der Waals surface area contributed by atoms with Gasteiger partial charge >= 0.3 is 5.97 Å². The Balaban J connectivity index is 1.74. The largest absolute Gasteiger partial charge is 0.465 e. The Morgan fingerprint density at radius 2 is 1.88 bits per heavy atom. The highest BCUT2D eigenvalue weighted by molar-refractivity contribution is 6.03. The Hall–Kier alpha value is -2.96. The second kappa shape index (κ2) is 8.42. The van der Waals surface area contributed by atoms with Crippen LogP contribution in [0.4, 0.5) is 11.6 Å². The van der Waals surface area contributed by atoms with Crippen LogP contribution in [0.5, 0.6) is 0 Å². The number of carbonyl (C=O) groups is 2. The third-order valence-corrected chi connectivity index (χ3v) is 4.31. The summed E-state index contributed by atoms with van der Waals surface area (Å²) in [7, 11) is 1.32. The summed E-state index contributed by atoms with van der Waals surface area (Å²) < 4.78 is 4.70. The van der Waals surface area contributed by atoms with Crippen molar-refractivity contribution in [2.45, 2.75) is 25.7 Å². The highest BCUT2D eigenvalue weighted by Gasteiger charge is 2.16. The molecular weight excluding hydrogens is 332 g/mol. The second-order valence-electron chi connectivity index (χ2n) is 6.17. The third-order valence-electron chi connectivity index (χ3n) is 4.31. The van der Waals surface area contributed by atoms with E-state index in [0.29, 0.717) is 22.9 Å². The molecule has 2 aromatic rings. The zero-order chi connectivity index (χ0) is 18.4. The van der Waals surface area contributed by atoms with Gasteiger partial charge in [-0.1, -0.05) is 18.9 Å². The lowest BCUT2D eigenvalue weighted by molar-refractivity contribution is 0.0600. The lowest BCUT2D eigenvalue weighted by atomic mass is 10.2. The molecule has 0 spiro atoms. The molecule has 0 bridgehead atoms. The van der Waals surface area contributed by atoms with Gasteiger partial charge in [0.15, 0.2) is 0 Å². The molecule has 0 aliphatic carbocycles. The molecular formula is C19H22N4O3. The summed E-state index contributed by atoms with van der Waals surface area (Å²) in [5.74, 6) is -0.208. The van der Waals surface area contributed by atoms with Crippen molar-refractivity contribution >= 4 is 23.5 Å². The van der Waals surface area contributed by atoms with Gasteiger partial charge in [0.25, 0.3) is 5.91 Å². The molecule has 0 radical (unpaired) electrons. The van der Waals surface area contributed by atoms with Crippen LogP contribution in [0.15, 0.2) is 36.5 Å². The molecule has 136 valence electrons. The lowest BCUT2D eigenvalue weighted by Gasteiger charge is -2.20. The molecule has 1 saturated heterocycles. The van der Waals surface area contributed by atoms with Crippen molar-refractivity contribution in [3.8, 4) is 0 Å². The third kappa shape index (κ3) is 4.36. The van der Waals surface area contributed by atoms with Crippen molar-refractivity contribution in [1.82, 2.24) is 9.97 Å². The zero-order valence-corrected chi connectivity index (χ0v) is 14.8. The van der Waals surface area contributed by atoms with Crippen LogP contribution in [-0.4, -0.2) is 42.0 Å². The first-order valence-electron chi connectivity index (χ1n) is 8.75. The Morgan fingerprint density at radius 3 is 2.62 bits per heavy atom. The zero-order valence-electron chi connectivity index (χ0n) is 14.8. The first-order valence-corrected chi connectivity index (χ1v) is 8.75. The Bertz CT molecular complexity index is 786. The Kier molecular flexibility index (Phi) is 5.78. The summed E-state index contributed by atoms with van der Waals surface area (Å²) in [6.07, 6.45) is 6.26. The number of esters is 1. The number of ether oxygens (including phenoxy) is 1. The number of anilines is 2. The van der Waals surface area contributed by atoms with E-state index < -0.39 is 5.97 Å². The van der Waals surface area contributed by atoms with Gasteiger partial charge in [0.1, 0.15) is 5.69 Å². The van der Waals surface area contributed by atoms with E-state index in [1.54, 1.807) is 36.5 Å². The van der Waals surface area contributed by atoms with Gasteiger partial charge in [-0.2, -0.15) is 0 Å². The van der Waals surface area contributed by atoms with Crippen LogP contribution in [0.25, 0.3) is 0 Å². The molecule has 1 aliphatic rings. The molecule has 0 unspecified atom stereocenters. The average molecular weight is 354 g/mol. The topological polar surface area (TPSA) is 84.4 Å². The lowest BCUT2D eigenvalue weighted by Crippen LogP contribution is -2.27. The van der Waals surface area contributed by atoms with E-state index >= 15 is 0 Å². The van der Waals surface area contributed by atoms with Gasteiger partial charge < -0.3 is 15.0 Å². The van der Waals surface area contributed by atoms with E-state index in [1.807, 2.05) is 0 Å². The number of methoxy groups -OCH3 is 1. The maximum Gasteiger partial charge on any atom is 0.337 e. The van der Waals surface area contributed by atoms with Crippen LogP contribution in [0.1, 0.15) is 46.5 Å². The fraction of sp³-hybridized carbons (Fsp3) is 0.368. The number of hydrogen-bond acceptors (Lipinski definition) is 6. The molecule has 0 saturated carbocycles. The molecule has 7 nitrogen and oxygen atoms in total. The molecule has 1 aromatic carbocycles. The molecule has 26 heavy (non-hydrogen) atoms. The van der Waals surface area contributed by atoms with E-state index in [-0.39, 0.29) is 5.91 Å². The van der Waals surface area contributed by atoms with Crippen LogP contribution in [0.2, 0.25) is 0 Å². The summed E-state index contributed by atoms with van der Waals surface area (Å²) in [5.41, 5.74) is 1.17. The number of benzene rings is 1. The SMILES string of the molecule is COC(=O)c1cccc(NC(=O)c2ccnc(N3CCCCCC3)n2)c1. The van der Waals surface area contributed by atoms with E-state index in [1.165, 1.54) is 20.0 Å². The van der Waals surface area contributed by atoms with Gasteiger partial charge in [-0.25, -0.2) is 14.8 Å². The fourth-order valence-electron chi connectivity index (χ4n) is 2.93. The Morgan fingerprint density at radius 1 is 1.12 bits per heavy atom. The predicted molar refractivity (Wildman–Crippen MR) is 98.4 cm³/mol. The maximum absolute atomic E-state index is 12.5. The minimum Gasteiger partial charge on any atom is -0.465 e. The number of nitrogens with zero attached hydrogens (tertiary/aromatic N) is 3. The number of amides is 1. The van der Waals surface area contributed by atoms with Gasteiger partial charge in [-0.05, 0) is 37.1 Å². The second-order valence-corrected chi connectivity index (χ2v) is 6.17. The van der Waals surface area contributed by atoms with Crippen LogP contribution in [0, 0.1) is 0 Å². The normalized spacial score (nSPS) is 14.4.